The number of halogens is 3. The first kappa shape index (κ1) is 23.2. The summed E-state index contributed by atoms with van der Waals surface area (Å²) in [6, 6.07) is 2.02. The smallest absolute Gasteiger partial charge is 0.417 e. The van der Waals surface area contributed by atoms with E-state index in [9.17, 15) is 22.2 Å². The van der Waals surface area contributed by atoms with Crippen molar-refractivity contribution in [2.75, 3.05) is 19.7 Å². The number of pyridine rings is 1. The molecule has 3 rings (SSSR count). The number of nitrogens with zero attached hydrogens (tertiary/aromatic N) is 3. The van der Waals surface area contributed by atoms with E-state index in [0.29, 0.717) is 42.9 Å². The summed E-state index contributed by atoms with van der Waals surface area (Å²) in [7, 11) is -1.40. The normalized spacial score (nSPS) is 20.3. The van der Waals surface area contributed by atoms with E-state index >= 15 is 0 Å². The first-order valence-corrected chi connectivity index (χ1v) is 11.0. The predicted octanol–water partition coefficient (Wildman–Crippen LogP) is 4.13. The van der Waals surface area contributed by atoms with Crippen molar-refractivity contribution < 1.29 is 31.6 Å². The fraction of sp³-hybridized carbons (Fsp3) is 0.550. The predicted molar refractivity (Wildman–Crippen MR) is 109 cm³/mol. The second kappa shape index (κ2) is 8.97. The molecule has 1 amide bonds. The molecule has 0 bridgehead atoms. The third kappa shape index (κ3) is 6.28. The summed E-state index contributed by atoms with van der Waals surface area (Å²) in [6.07, 6.45) is -2.90. The number of likely N-dealkylation sites (tertiary alicyclic amines) is 1. The van der Waals surface area contributed by atoms with Gasteiger partial charge in [0.2, 0.25) is 5.88 Å². The van der Waals surface area contributed by atoms with E-state index in [1.165, 1.54) is 5.41 Å². The molecule has 0 aromatic carbocycles. The van der Waals surface area contributed by atoms with Gasteiger partial charge in [-0.2, -0.15) is 13.2 Å². The van der Waals surface area contributed by atoms with Gasteiger partial charge in [-0.3, -0.25) is 0 Å². The lowest BCUT2D eigenvalue weighted by atomic mass is 9.98. The zero-order valence-corrected chi connectivity index (χ0v) is 18.3. The van der Waals surface area contributed by atoms with Gasteiger partial charge in [0.25, 0.3) is 0 Å². The highest BCUT2D eigenvalue weighted by molar-refractivity contribution is 8.03. The molecule has 0 spiro atoms. The van der Waals surface area contributed by atoms with Crippen LogP contribution in [0.4, 0.5) is 18.0 Å². The molecule has 2 aliphatic heterocycles. The van der Waals surface area contributed by atoms with Crippen LogP contribution in [-0.2, 0) is 21.7 Å². The lowest BCUT2D eigenvalue weighted by Crippen LogP contribution is -2.43. The van der Waals surface area contributed by atoms with Gasteiger partial charge in [-0.1, -0.05) is 0 Å². The van der Waals surface area contributed by atoms with E-state index < -0.39 is 28.1 Å². The largest absolute Gasteiger partial charge is 0.471 e. The third-order valence-electron chi connectivity index (χ3n) is 4.63. The summed E-state index contributed by atoms with van der Waals surface area (Å²) in [5, 5.41) is 2.00. The summed E-state index contributed by atoms with van der Waals surface area (Å²) >= 11 is 0. The maximum absolute atomic E-state index is 12.6. The third-order valence-corrected chi connectivity index (χ3v) is 5.95. The number of rotatable bonds is 4. The highest BCUT2D eigenvalue weighted by Gasteiger charge is 2.33. The fourth-order valence-corrected chi connectivity index (χ4v) is 4.40. The first-order valence-electron chi connectivity index (χ1n) is 9.76. The van der Waals surface area contributed by atoms with Gasteiger partial charge in [0.05, 0.1) is 22.1 Å². The van der Waals surface area contributed by atoms with Crippen molar-refractivity contribution in [3.05, 3.63) is 35.0 Å². The monoisotopic (exact) mass is 459 g/mol. The van der Waals surface area contributed by atoms with E-state index in [-0.39, 0.29) is 24.5 Å². The topological polar surface area (TPSA) is 81.1 Å². The molecule has 1 fully saturated rings. The lowest BCUT2D eigenvalue weighted by Gasteiger charge is -2.33. The van der Waals surface area contributed by atoms with Crippen molar-refractivity contribution in [2.24, 2.45) is 10.9 Å². The van der Waals surface area contributed by atoms with Crippen LogP contribution in [0.2, 0.25) is 0 Å². The van der Waals surface area contributed by atoms with Crippen LogP contribution in [0.5, 0.6) is 5.88 Å². The molecule has 2 aliphatic rings. The van der Waals surface area contributed by atoms with Crippen LogP contribution < -0.4 is 4.74 Å². The molecule has 3 heterocycles. The zero-order valence-electron chi connectivity index (χ0n) is 17.4. The van der Waals surface area contributed by atoms with E-state index in [0.717, 1.165) is 12.1 Å². The van der Waals surface area contributed by atoms with E-state index in [2.05, 4.69) is 9.98 Å². The van der Waals surface area contributed by atoms with E-state index in [4.69, 9.17) is 9.47 Å². The molecule has 1 saturated heterocycles. The average Bonchev–Trinajstić information content (AvgIpc) is 3.05. The van der Waals surface area contributed by atoms with Crippen LogP contribution in [0.1, 0.15) is 39.2 Å². The van der Waals surface area contributed by atoms with Crippen LogP contribution >= 0.6 is 0 Å². The molecule has 170 valence electrons. The molecule has 0 aliphatic carbocycles. The van der Waals surface area contributed by atoms with Gasteiger partial charge in [-0.05, 0) is 39.7 Å². The van der Waals surface area contributed by atoms with Crippen molar-refractivity contribution in [1.29, 1.82) is 0 Å². The average molecular weight is 459 g/mol. The van der Waals surface area contributed by atoms with Gasteiger partial charge in [0, 0.05) is 36.7 Å². The summed E-state index contributed by atoms with van der Waals surface area (Å²) < 4.78 is 61.0. The molecule has 7 nitrogen and oxygen atoms in total. The van der Waals surface area contributed by atoms with Gasteiger partial charge in [-0.15, -0.1) is 0 Å². The van der Waals surface area contributed by atoms with Gasteiger partial charge in [0.15, 0.2) is 0 Å². The SMILES string of the molecule is CC(C)(C)OC(=O)N1CCC(C2=NC(COc3ccc(C(F)(F)F)cn3)=CS2=O)CC1. The molecule has 0 radical (unpaired) electrons. The van der Waals surface area contributed by atoms with Crippen LogP contribution in [-0.4, -0.2) is 50.5 Å². The Kier molecular flexibility index (Phi) is 6.73. The van der Waals surface area contributed by atoms with Crippen molar-refractivity contribution in [3.8, 4) is 5.88 Å². The summed E-state index contributed by atoms with van der Waals surface area (Å²) in [6.45, 7) is 6.34. The molecule has 1 unspecified atom stereocenters. The Morgan fingerprint density at radius 1 is 1.23 bits per heavy atom. The molecular formula is C20H24F3N3O4S. The minimum atomic E-state index is -4.46. The van der Waals surface area contributed by atoms with Gasteiger partial charge >= 0.3 is 12.3 Å². The van der Waals surface area contributed by atoms with E-state index in [1.54, 1.807) is 4.90 Å². The number of carbonyl (C=O) groups is 1. The minimum absolute atomic E-state index is 0.0222. The number of hydrogen-bond donors (Lipinski definition) is 0. The molecular weight excluding hydrogens is 435 g/mol. The number of piperidine rings is 1. The fourth-order valence-electron chi connectivity index (χ4n) is 3.14. The quantitative estimate of drug-likeness (QED) is 0.676. The summed E-state index contributed by atoms with van der Waals surface area (Å²) in [4.78, 5) is 21.9. The molecule has 11 heteroatoms. The molecule has 1 aromatic heterocycles. The van der Waals surface area contributed by atoms with Crippen LogP contribution in [0.25, 0.3) is 0 Å². The number of aliphatic imine (C=N–C) groups is 1. The Bertz CT molecular complexity index is 900. The first-order chi connectivity index (χ1) is 14.4. The maximum atomic E-state index is 12.6. The summed E-state index contributed by atoms with van der Waals surface area (Å²) in [5.74, 6) is -0.00790. The second-order valence-electron chi connectivity index (χ2n) is 8.27. The molecule has 0 saturated carbocycles. The number of aromatic nitrogens is 1. The van der Waals surface area contributed by atoms with Crippen LogP contribution in [0.3, 0.4) is 0 Å². The van der Waals surface area contributed by atoms with Crippen molar-refractivity contribution in [2.45, 2.75) is 45.4 Å². The molecule has 31 heavy (non-hydrogen) atoms. The number of hydrogen-bond acceptors (Lipinski definition) is 6. The molecule has 1 atom stereocenters. The Labute approximate surface area is 180 Å². The number of alkyl halides is 3. The second-order valence-corrected chi connectivity index (χ2v) is 9.52. The standard InChI is InChI=1S/C20H24F3N3O4S/c1-19(2,3)30-18(27)26-8-6-13(7-9-26)17-25-15(12-31(17)28)11-29-16-5-4-14(10-24-16)20(21,22)23/h4-5,10,12-13H,6-9,11H2,1-3H3. The van der Waals surface area contributed by atoms with Crippen molar-refractivity contribution in [3.63, 3.8) is 0 Å². The Morgan fingerprint density at radius 3 is 2.45 bits per heavy atom. The highest BCUT2D eigenvalue weighted by Crippen LogP contribution is 2.30. The van der Waals surface area contributed by atoms with Crippen LogP contribution in [0, 0.1) is 5.92 Å². The zero-order chi connectivity index (χ0) is 22.8. The number of ether oxygens (including phenoxy) is 2. The lowest BCUT2D eigenvalue weighted by molar-refractivity contribution is -0.137. The van der Waals surface area contributed by atoms with E-state index in [1.807, 2.05) is 20.8 Å². The Balaban J connectivity index is 1.52. The Morgan fingerprint density at radius 2 is 1.90 bits per heavy atom. The summed E-state index contributed by atoms with van der Waals surface area (Å²) in [5.41, 5.74) is -0.991. The van der Waals surface area contributed by atoms with Crippen LogP contribution in [0.15, 0.2) is 34.4 Å². The van der Waals surface area contributed by atoms with Crippen molar-refractivity contribution >= 4 is 21.9 Å². The maximum Gasteiger partial charge on any atom is 0.417 e. The minimum Gasteiger partial charge on any atom is -0.471 e. The van der Waals surface area contributed by atoms with Gasteiger partial charge in [-0.25, -0.2) is 19.0 Å². The van der Waals surface area contributed by atoms with Gasteiger partial charge in [0.1, 0.15) is 17.3 Å². The Hall–Kier alpha value is -2.43. The van der Waals surface area contributed by atoms with Gasteiger partial charge < -0.3 is 14.4 Å². The number of amides is 1. The molecule has 0 N–H and O–H groups in total. The number of carbonyl (C=O) groups excluding carboxylic acids is 1. The van der Waals surface area contributed by atoms with Crippen molar-refractivity contribution in [1.82, 2.24) is 9.88 Å². The highest BCUT2D eigenvalue weighted by atomic mass is 32.2. The molecule has 1 aromatic rings.